The van der Waals surface area contributed by atoms with E-state index in [1.165, 1.54) is 13.2 Å². The summed E-state index contributed by atoms with van der Waals surface area (Å²) in [6, 6.07) is 6.35. The summed E-state index contributed by atoms with van der Waals surface area (Å²) in [7, 11) is -2.93. The van der Waals surface area contributed by atoms with Crippen molar-refractivity contribution < 1.29 is 22.5 Å². The molecule has 0 saturated carbocycles. The van der Waals surface area contributed by atoms with E-state index in [-0.39, 0.29) is 27.0 Å². The van der Waals surface area contributed by atoms with E-state index < -0.39 is 20.8 Å². The highest BCUT2D eigenvalue weighted by molar-refractivity contribution is 7.92. The van der Waals surface area contributed by atoms with Crippen LogP contribution in [0.3, 0.4) is 0 Å². The fraction of sp³-hybridized carbons (Fsp3) is 0.0769. The minimum Gasteiger partial charge on any atom is -0.494 e. The maximum atomic E-state index is 13.6. The Labute approximate surface area is 135 Å². The Bertz CT molecular complexity index is 873. The van der Waals surface area contributed by atoms with Gasteiger partial charge in [0.05, 0.1) is 27.6 Å². The normalized spacial score (nSPS) is 11.1. The molecule has 1 N–H and O–H groups in total. The summed E-state index contributed by atoms with van der Waals surface area (Å²) in [6.45, 7) is 0. The zero-order valence-electron chi connectivity index (χ0n) is 11.6. The van der Waals surface area contributed by atoms with Crippen molar-refractivity contribution in [3.63, 3.8) is 0 Å². The monoisotopic (exact) mass is 360 g/mol. The molecule has 0 heterocycles. The summed E-state index contributed by atoms with van der Waals surface area (Å²) < 4.78 is 44.9. The largest absolute Gasteiger partial charge is 0.494 e. The van der Waals surface area contributed by atoms with Gasteiger partial charge in [0.15, 0.2) is 11.6 Å². The van der Waals surface area contributed by atoms with Gasteiger partial charge in [0.1, 0.15) is 0 Å². The molecule has 23 heavy (non-hydrogen) atoms. The van der Waals surface area contributed by atoms with Crippen molar-refractivity contribution in [1.82, 2.24) is 0 Å². The molecule has 0 fully saturated rings. The number of non-ortho nitro benzene ring substituents is 1. The van der Waals surface area contributed by atoms with Gasteiger partial charge in [-0.25, -0.2) is 12.8 Å². The Kier molecular flexibility index (Phi) is 4.71. The number of sulfonamides is 1. The first-order chi connectivity index (χ1) is 10.7. The van der Waals surface area contributed by atoms with Crippen LogP contribution in [-0.4, -0.2) is 20.5 Å². The molecule has 2 aromatic rings. The number of benzene rings is 2. The summed E-state index contributed by atoms with van der Waals surface area (Å²) in [4.78, 5) is 9.67. The number of methoxy groups -OCH3 is 1. The number of ether oxygens (including phenoxy) is 1. The van der Waals surface area contributed by atoms with Crippen molar-refractivity contribution >= 4 is 33.0 Å². The van der Waals surface area contributed by atoms with E-state index in [0.29, 0.717) is 0 Å². The van der Waals surface area contributed by atoms with E-state index in [9.17, 15) is 22.9 Å². The molecule has 7 nitrogen and oxygen atoms in total. The number of nitro benzene ring substituents is 1. The third-order valence-electron chi connectivity index (χ3n) is 2.84. The van der Waals surface area contributed by atoms with Crippen LogP contribution >= 0.6 is 11.6 Å². The summed E-state index contributed by atoms with van der Waals surface area (Å²) in [5.74, 6) is -0.974. The van der Waals surface area contributed by atoms with Crippen LogP contribution in [0.25, 0.3) is 0 Å². The average Bonchev–Trinajstić information content (AvgIpc) is 2.49. The van der Waals surface area contributed by atoms with E-state index in [1.807, 2.05) is 0 Å². The van der Waals surface area contributed by atoms with Crippen LogP contribution < -0.4 is 9.46 Å². The van der Waals surface area contributed by atoms with Crippen LogP contribution in [0.1, 0.15) is 0 Å². The summed E-state index contributed by atoms with van der Waals surface area (Å²) >= 11 is 5.83. The van der Waals surface area contributed by atoms with Gasteiger partial charge in [0.25, 0.3) is 15.7 Å². The fourth-order valence-corrected chi connectivity index (χ4v) is 3.03. The summed E-state index contributed by atoms with van der Waals surface area (Å²) in [5, 5.41) is 10.7. The molecule has 2 aromatic carbocycles. The predicted molar refractivity (Wildman–Crippen MR) is 81.9 cm³/mol. The first-order valence-electron chi connectivity index (χ1n) is 6.05. The molecule has 0 spiro atoms. The highest BCUT2D eigenvalue weighted by Gasteiger charge is 2.19. The predicted octanol–water partition coefficient (Wildman–Crippen LogP) is 3.20. The molecule has 0 aliphatic heterocycles. The lowest BCUT2D eigenvalue weighted by atomic mass is 10.3. The molecule has 0 amide bonds. The number of nitrogens with one attached hydrogen (secondary N) is 1. The topological polar surface area (TPSA) is 98.5 Å². The third-order valence-corrected chi connectivity index (χ3v) is 4.53. The molecule has 0 bridgehead atoms. The molecule has 0 saturated heterocycles. The van der Waals surface area contributed by atoms with Gasteiger partial charge in [-0.3, -0.25) is 14.8 Å². The van der Waals surface area contributed by atoms with E-state index in [4.69, 9.17) is 16.3 Å². The van der Waals surface area contributed by atoms with Crippen molar-refractivity contribution in [1.29, 1.82) is 0 Å². The zero-order valence-corrected chi connectivity index (χ0v) is 13.2. The molecule has 2 rings (SSSR count). The average molecular weight is 361 g/mol. The maximum Gasteiger partial charge on any atom is 0.271 e. The number of halogens is 2. The van der Waals surface area contributed by atoms with Gasteiger partial charge < -0.3 is 4.74 Å². The van der Waals surface area contributed by atoms with Gasteiger partial charge in [-0.05, 0) is 24.3 Å². The first-order valence-corrected chi connectivity index (χ1v) is 7.91. The van der Waals surface area contributed by atoms with Crippen LogP contribution in [0.4, 0.5) is 15.8 Å². The number of hydrogen-bond acceptors (Lipinski definition) is 5. The van der Waals surface area contributed by atoms with Gasteiger partial charge in [0.2, 0.25) is 0 Å². The number of rotatable bonds is 5. The van der Waals surface area contributed by atoms with Crippen molar-refractivity contribution in [2.24, 2.45) is 0 Å². The highest BCUT2D eigenvalue weighted by Crippen LogP contribution is 2.29. The van der Waals surface area contributed by atoms with Gasteiger partial charge in [-0.1, -0.05) is 11.6 Å². The first kappa shape index (κ1) is 17.0. The van der Waals surface area contributed by atoms with E-state index in [1.54, 1.807) is 0 Å². The molecule has 10 heteroatoms. The van der Waals surface area contributed by atoms with Gasteiger partial charge >= 0.3 is 0 Å². The maximum absolute atomic E-state index is 13.6. The van der Waals surface area contributed by atoms with Crippen LogP contribution in [0.2, 0.25) is 5.02 Å². The lowest BCUT2D eigenvalue weighted by molar-refractivity contribution is -0.384. The molecule has 0 unspecified atom stereocenters. The standard InChI is InChI=1S/C13H10ClFN2O5S/c1-22-13-5-3-9(7-11(13)15)23(20,21)16-12-6-8(17(18)19)2-4-10(12)14/h2-7,16H,1H3. The Hall–Kier alpha value is -2.39. The molecule has 0 aromatic heterocycles. The lowest BCUT2D eigenvalue weighted by Crippen LogP contribution is -2.13. The van der Waals surface area contributed by atoms with Crippen LogP contribution in [-0.2, 0) is 10.0 Å². The Balaban J connectivity index is 2.40. The van der Waals surface area contributed by atoms with Crippen LogP contribution in [0.15, 0.2) is 41.3 Å². The third kappa shape index (κ3) is 3.69. The molecule has 122 valence electrons. The number of hydrogen-bond donors (Lipinski definition) is 1. The molecular weight excluding hydrogens is 351 g/mol. The molecule has 0 atom stereocenters. The van der Waals surface area contributed by atoms with E-state index in [2.05, 4.69) is 4.72 Å². The minimum absolute atomic E-state index is 0.0341. The lowest BCUT2D eigenvalue weighted by Gasteiger charge is -2.10. The number of nitrogens with zero attached hydrogens (tertiary/aromatic N) is 1. The van der Waals surface area contributed by atoms with Crippen molar-refractivity contribution in [3.05, 3.63) is 57.4 Å². The van der Waals surface area contributed by atoms with E-state index in [0.717, 1.165) is 30.3 Å². The van der Waals surface area contributed by atoms with Gasteiger partial charge in [0, 0.05) is 12.1 Å². The van der Waals surface area contributed by atoms with Gasteiger partial charge in [-0.15, -0.1) is 0 Å². The highest BCUT2D eigenvalue weighted by atomic mass is 35.5. The van der Waals surface area contributed by atoms with Crippen LogP contribution in [0.5, 0.6) is 5.75 Å². The summed E-state index contributed by atoms with van der Waals surface area (Å²) in [5.41, 5.74) is -0.523. The minimum atomic E-state index is -4.18. The smallest absolute Gasteiger partial charge is 0.271 e. The SMILES string of the molecule is COc1ccc(S(=O)(=O)Nc2cc([N+](=O)[O-])ccc2Cl)cc1F. The molecular formula is C13H10ClFN2O5S. The Morgan fingerprint density at radius 2 is 1.96 bits per heavy atom. The Morgan fingerprint density at radius 3 is 2.52 bits per heavy atom. The second-order valence-corrected chi connectivity index (χ2v) is 6.41. The molecule has 0 aliphatic rings. The number of anilines is 1. The quantitative estimate of drug-likeness (QED) is 0.652. The summed E-state index contributed by atoms with van der Waals surface area (Å²) in [6.07, 6.45) is 0. The number of nitro groups is 1. The van der Waals surface area contributed by atoms with Crippen molar-refractivity contribution in [2.75, 3.05) is 11.8 Å². The molecule has 0 radical (unpaired) electrons. The fourth-order valence-electron chi connectivity index (χ4n) is 1.72. The van der Waals surface area contributed by atoms with E-state index >= 15 is 0 Å². The second-order valence-electron chi connectivity index (χ2n) is 4.32. The molecule has 0 aliphatic carbocycles. The van der Waals surface area contributed by atoms with Crippen molar-refractivity contribution in [2.45, 2.75) is 4.90 Å². The second kappa shape index (κ2) is 6.39. The van der Waals surface area contributed by atoms with Gasteiger partial charge in [-0.2, -0.15) is 0 Å². The van der Waals surface area contributed by atoms with Crippen LogP contribution in [0, 0.1) is 15.9 Å². The van der Waals surface area contributed by atoms with Crippen molar-refractivity contribution in [3.8, 4) is 5.75 Å². The zero-order chi connectivity index (χ0) is 17.2. The Morgan fingerprint density at radius 1 is 1.26 bits per heavy atom.